The van der Waals surface area contributed by atoms with Crippen LogP contribution in [-0.4, -0.2) is 10.1 Å². The molecule has 0 spiro atoms. The van der Waals surface area contributed by atoms with Crippen molar-refractivity contribution >= 4 is 28.6 Å². The van der Waals surface area contributed by atoms with Crippen LogP contribution in [0.15, 0.2) is 42.5 Å². The van der Waals surface area contributed by atoms with Crippen LogP contribution in [0.2, 0.25) is 5.02 Å². The molecule has 0 fully saturated rings. The summed E-state index contributed by atoms with van der Waals surface area (Å²) in [5, 5.41) is 13.8. The number of aromatic nitrogens is 2. The van der Waals surface area contributed by atoms with Crippen LogP contribution in [0.1, 0.15) is 12.5 Å². The Kier molecular flexibility index (Phi) is 3.71. The summed E-state index contributed by atoms with van der Waals surface area (Å²) in [6.07, 6.45) is 0. The summed E-state index contributed by atoms with van der Waals surface area (Å²) in [7, 11) is 0. The quantitative estimate of drug-likeness (QED) is 0.647. The van der Waals surface area contributed by atoms with Gasteiger partial charge in [0.1, 0.15) is 16.8 Å². The number of nitrogens with one attached hydrogen (secondary N) is 2. The molecule has 0 saturated carbocycles. The van der Waals surface area contributed by atoms with Gasteiger partial charge in [-0.3, -0.25) is 5.32 Å². The van der Waals surface area contributed by atoms with Crippen molar-refractivity contribution in [2.75, 3.05) is 5.32 Å². The second-order valence-electron chi connectivity index (χ2n) is 4.86. The van der Waals surface area contributed by atoms with Gasteiger partial charge >= 0.3 is 5.95 Å². The minimum absolute atomic E-state index is 0.242. The molecular weight excluding hydrogens is 286 g/mol. The van der Waals surface area contributed by atoms with E-state index < -0.39 is 0 Å². The maximum absolute atomic E-state index is 9.86. The van der Waals surface area contributed by atoms with E-state index in [1.807, 2.05) is 18.2 Å². The smallest absolute Gasteiger partial charge is 0.356 e. The lowest BCUT2D eigenvalue weighted by Gasteiger charge is -2.05. The third-order valence-electron chi connectivity index (χ3n) is 3.52. The molecule has 0 amide bonds. The monoisotopic (exact) mass is 302 g/mol. The molecule has 3 rings (SSSR count). The van der Waals surface area contributed by atoms with Crippen molar-refractivity contribution in [3.8, 4) is 5.75 Å². The standard InChI is InChI=1S/C16H16ClN3O/c1-2-20-14-6-4-3-5-13(14)19-16(20)18-10-11-9-12(17)7-8-15(11)21/h3-9H,2,10H2,1H3,(H2,18,19,21)/p+1. The Morgan fingerprint density at radius 2 is 2.05 bits per heavy atom. The van der Waals surface area contributed by atoms with Gasteiger partial charge in [-0.05, 0) is 37.3 Å². The molecule has 1 heterocycles. The number of imidazole rings is 1. The maximum atomic E-state index is 9.86. The van der Waals surface area contributed by atoms with Crippen molar-refractivity contribution < 1.29 is 9.67 Å². The summed E-state index contributed by atoms with van der Waals surface area (Å²) < 4.78 is 2.16. The van der Waals surface area contributed by atoms with Crippen LogP contribution < -0.4 is 9.88 Å². The van der Waals surface area contributed by atoms with Crippen molar-refractivity contribution in [1.29, 1.82) is 0 Å². The Morgan fingerprint density at radius 3 is 2.86 bits per heavy atom. The number of para-hydroxylation sites is 2. The fourth-order valence-electron chi connectivity index (χ4n) is 2.47. The molecular formula is C16H17ClN3O+. The number of halogens is 1. The first-order valence-corrected chi connectivity index (χ1v) is 7.28. The van der Waals surface area contributed by atoms with Crippen LogP contribution in [0, 0.1) is 0 Å². The van der Waals surface area contributed by atoms with E-state index in [-0.39, 0.29) is 5.75 Å². The average Bonchev–Trinajstić information content (AvgIpc) is 2.85. The summed E-state index contributed by atoms with van der Waals surface area (Å²) in [4.78, 5) is 3.36. The van der Waals surface area contributed by atoms with Gasteiger partial charge in [0.15, 0.2) is 0 Å². The Hall–Kier alpha value is -2.20. The van der Waals surface area contributed by atoms with Crippen LogP contribution >= 0.6 is 11.6 Å². The topological polar surface area (TPSA) is 51.9 Å². The summed E-state index contributed by atoms with van der Waals surface area (Å²) in [6.45, 7) is 3.45. The zero-order valence-corrected chi connectivity index (χ0v) is 12.5. The average molecular weight is 303 g/mol. The maximum Gasteiger partial charge on any atom is 0.356 e. The highest BCUT2D eigenvalue weighted by atomic mass is 35.5. The van der Waals surface area contributed by atoms with Crippen LogP contribution in [0.4, 0.5) is 5.95 Å². The number of aromatic amines is 1. The van der Waals surface area contributed by atoms with Crippen molar-refractivity contribution in [1.82, 2.24) is 4.98 Å². The van der Waals surface area contributed by atoms with E-state index in [0.717, 1.165) is 29.1 Å². The number of anilines is 1. The molecule has 0 unspecified atom stereocenters. The lowest BCUT2D eigenvalue weighted by molar-refractivity contribution is -0.653. The molecule has 0 bridgehead atoms. The lowest BCUT2D eigenvalue weighted by Crippen LogP contribution is -2.34. The van der Waals surface area contributed by atoms with E-state index in [0.29, 0.717) is 11.6 Å². The van der Waals surface area contributed by atoms with Crippen LogP contribution in [-0.2, 0) is 13.1 Å². The zero-order chi connectivity index (χ0) is 14.8. The van der Waals surface area contributed by atoms with Gasteiger partial charge in [-0.15, -0.1) is 0 Å². The molecule has 1 aromatic heterocycles. The zero-order valence-electron chi connectivity index (χ0n) is 11.7. The van der Waals surface area contributed by atoms with Gasteiger partial charge in [-0.2, -0.15) is 0 Å². The molecule has 0 aliphatic heterocycles. The number of hydrogen-bond acceptors (Lipinski definition) is 2. The predicted octanol–water partition coefficient (Wildman–Crippen LogP) is 3.45. The van der Waals surface area contributed by atoms with E-state index in [1.54, 1.807) is 18.2 Å². The lowest BCUT2D eigenvalue weighted by atomic mass is 10.2. The number of hydrogen-bond donors (Lipinski definition) is 3. The number of aromatic hydroxyl groups is 1. The summed E-state index contributed by atoms with van der Waals surface area (Å²) in [6, 6.07) is 13.2. The van der Waals surface area contributed by atoms with Gasteiger partial charge in [0.2, 0.25) is 0 Å². The molecule has 21 heavy (non-hydrogen) atoms. The number of rotatable bonds is 4. The van der Waals surface area contributed by atoms with E-state index >= 15 is 0 Å². The minimum Gasteiger partial charge on any atom is -0.508 e. The van der Waals surface area contributed by atoms with Gasteiger partial charge < -0.3 is 5.11 Å². The normalized spacial score (nSPS) is 11.0. The molecule has 4 nitrogen and oxygen atoms in total. The molecule has 5 heteroatoms. The van der Waals surface area contributed by atoms with Crippen molar-refractivity contribution in [3.63, 3.8) is 0 Å². The number of nitrogens with zero attached hydrogens (tertiary/aromatic N) is 1. The number of H-pyrrole nitrogens is 1. The molecule has 0 atom stereocenters. The second kappa shape index (κ2) is 5.66. The number of phenols is 1. The first-order chi connectivity index (χ1) is 10.2. The molecule has 0 radical (unpaired) electrons. The van der Waals surface area contributed by atoms with Gasteiger partial charge in [0.05, 0.1) is 13.1 Å². The summed E-state index contributed by atoms with van der Waals surface area (Å²) >= 11 is 5.97. The van der Waals surface area contributed by atoms with Gasteiger partial charge in [0, 0.05) is 10.6 Å². The van der Waals surface area contributed by atoms with E-state index in [9.17, 15) is 5.11 Å². The number of phenolic OH excluding ortho intramolecular Hbond substituents is 1. The molecule has 3 N–H and O–H groups in total. The van der Waals surface area contributed by atoms with Crippen LogP contribution in [0.3, 0.4) is 0 Å². The predicted molar refractivity (Wildman–Crippen MR) is 84.6 cm³/mol. The molecule has 0 aliphatic carbocycles. The Morgan fingerprint density at radius 1 is 1.24 bits per heavy atom. The fraction of sp³-hybridized carbons (Fsp3) is 0.188. The molecule has 0 saturated heterocycles. The Bertz CT molecular complexity index is 782. The van der Waals surface area contributed by atoms with Crippen LogP contribution in [0.5, 0.6) is 5.75 Å². The van der Waals surface area contributed by atoms with Crippen molar-refractivity contribution in [2.24, 2.45) is 0 Å². The number of fused-ring (bicyclic) bond motifs is 1. The van der Waals surface area contributed by atoms with Crippen molar-refractivity contribution in [3.05, 3.63) is 53.1 Å². The molecule has 2 aromatic carbocycles. The highest BCUT2D eigenvalue weighted by molar-refractivity contribution is 6.30. The highest BCUT2D eigenvalue weighted by Crippen LogP contribution is 2.22. The van der Waals surface area contributed by atoms with Crippen molar-refractivity contribution in [2.45, 2.75) is 20.0 Å². The van der Waals surface area contributed by atoms with Gasteiger partial charge in [-0.1, -0.05) is 23.7 Å². The number of aryl methyl sites for hydroxylation is 1. The molecule has 0 aliphatic rings. The van der Waals surface area contributed by atoms with E-state index in [2.05, 4.69) is 27.9 Å². The summed E-state index contributed by atoms with van der Waals surface area (Å²) in [5.41, 5.74) is 3.00. The first kappa shape index (κ1) is 13.8. The SMILES string of the molecule is CC[n+]1c(NCc2cc(Cl)ccc2O)[nH]c2ccccc21. The molecule has 3 aromatic rings. The van der Waals surface area contributed by atoms with E-state index in [4.69, 9.17) is 11.6 Å². The van der Waals surface area contributed by atoms with Crippen LogP contribution in [0.25, 0.3) is 11.0 Å². The second-order valence-corrected chi connectivity index (χ2v) is 5.30. The van der Waals surface area contributed by atoms with Gasteiger partial charge in [0.25, 0.3) is 0 Å². The minimum atomic E-state index is 0.242. The fourth-order valence-corrected chi connectivity index (χ4v) is 2.67. The first-order valence-electron chi connectivity index (χ1n) is 6.91. The summed E-state index contributed by atoms with van der Waals surface area (Å²) in [5.74, 6) is 1.16. The number of benzene rings is 2. The van der Waals surface area contributed by atoms with Gasteiger partial charge in [-0.25, -0.2) is 9.55 Å². The highest BCUT2D eigenvalue weighted by Gasteiger charge is 2.15. The van der Waals surface area contributed by atoms with E-state index in [1.165, 1.54) is 0 Å². The third kappa shape index (κ3) is 2.67. The largest absolute Gasteiger partial charge is 0.508 e. The Balaban J connectivity index is 1.89. The molecule has 108 valence electrons. The third-order valence-corrected chi connectivity index (χ3v) is 3.76. The Labute approximate surface area is 128 Å².